The van der Waals surface area contributed by atoms with E-state index in [0.717, 1.165) is 26.4 Å². The smallest absolute Gasteiger partial charge is 0.0520 e. The summed E-state index contributed by atoms with van der Waals surface area (Å²) in [6, 6.07) is 0. The molecule has 175 valence electrons. The van der Waals surface area contributed by atoms with Crippen molar-refractivity contribution in [2.75, 3.05) is 26.4 Å². The van der Waals surface area contributed by atoms with Crippen LogP contribution in [0.1, 0.15) is 142 Å². The van der Waals surface area contributed by atoms with Crippen molar-refractivity contribution in [2.24, 2.45) is 0 Å². The number of rotatable bonds is 26. The first-order valence-electron chi connectivity index (χ1n) is 13.4. The summed E-state index contributed by atoms with van der Waals surface area (Å²) in [6.45, 7) is 7.88. The minimum absolute atomic E-state index is 0.745. The molecule has 0 N–H and O–H groups in total. The quantitative estimate of drug-likeness (QED) is 0.132. The fourth-order valence-electron chi connectivity index (χ4n) is 3.76. The summed E-state index contributed by atoms with van der Waals surface area (Å²) < 4.78 is 11.4. The van der Waals surface area contributed by atoms with E-state index in [2.05, 4.69) is 20.3 Å². The molecule has 1 radical (unpaired) electrons. The highest BCUT2D eigenvalue weighted by Gasteiger charge is 1.96. The Balaban J connectivity index is 2.97. The van der Waals surface area contributed by atoms with Crippen molar-refractivity contribution in [3.63, 3.8) is 0 Å². The van der Waals surface area contributed by atoms with Crippen molar-refractivity contribution in [3.05, 3.63) is 6.42 Å². The molecule has 0 amide bonds. The first-order chi connectivity index (χ1) is 14.4. The Kier molecular flexibility index (Phi) is 27.8. The van der Waals surface area contributed by atoms with Crippen molar-refractivity contribution in [2.45, 2.75) is 142 Å². The average molecular weight is 412 g/mol. The normalized spacial score (nSPS) is 11.4. The summed E-state index contributed by atoms with van der Waals surface area (Å²) in [5.74, 6) is 0. The molecule has 0 heterocycles. The van der Waals surface area contributed by atoms with Crippen LogP contribution in [0.3, 0.4) is 0 Å². The minimum Gasteiger partial charge on any atom is -0.381 e. The predicted octanol–water partition coefficient (Wildman–Crippen LogP) is 9.07. The topological polar surface area (TPSA) is 18.5 Å². The molecule has 0 aliphatic carbocycles. The van der Waals surface area contributed by atoms with Crippen LogP contribution in [-0.2, 0) is 9.47 Å². The number of hydrogen-bond acceptors (Lipinski definition) is 2. The third-order valence-corrected chi connectivity index (χ3v) is 5.76. The molecule has 0 atom stereocenters. The van der Waals surface area contributed by atoms with Crippen molar-refractivity contribution < 1.29 is 9.47 Å². The zero-order chi connectivity index (χ0) is 21.1. The van der Waals surface area contributed by atoms with E-state index < -0.39 is 0 Å². The van der Waals surface area contributed by atoms with Crippen LogP contribution in [0.15, 0.2) is 0 Å². The standard InChI is InChI=1S/C27H55O2/c1-3-5-7-9-11-13-15-17-19-21-24-28-26-23-27-29-25-22-20-18-16-14-12-10-8-6-4-2/h23H,3-22,24-27H2,1-2H3. The molecule has 0 aromatic carbocycles. The van der Waals surface area contributed by atoms with Crippen LogP contribution in [0.2, 0.25) is 0 Å². The third-order valence-electron chi connectivity index (χ3n) is 5.76. The molecule has 0 bridgehead atoms. The summed E-state index contributed by atoms with van der Waals surface area (Å²) in [6.07, 6.45) is 29.8. The lowest BCUT2D eigenvalue weighted by Crippen LogP contribution is -2.04. The summed E-state index contributed by atoms with van der Waals surface area (Å²) in [5.41, 5.74) is 0. The molecule has 0 spiro atoms. The summed E-state index contributed by atoms with van der Waals surface area (Å²) >= 11 is 0. The summed E-state index contributed by atoms with van der Waals surface area (Å²) in [4.78, 5) is 0. The molecule has 29 heavy (non-hydrogen) atoms. The zero-order valence-corrected chi connectivity index (χ0v) is 20.4. The van der Waals surface area contributed by atoms with Gasteiger partial charge in [-0.05, 0) is 12.8 Å². The van der Waals surface area contributed by atoms with Gasteiger partial charge in [0.2, 0.25) is 0 Å². The molecule has 0 saturated carbocycles. The molecule has 0 saturated heterocycles. The monoisotopic (exact) mass is 411 g/mol. The Morgan fingerprint density at radius 2 is 0.655 bits per heavy atom. The van der Waals surface area contributed by atoms with E-state index in [-0.39, 0.29) is 0 Å². The van der Waals surface area contributed by atoms with Gasteiger partial charge in [0.05, 0.1) is 13.2 Å². The van der Waals surface area contributed by atoms with E-state index >= 15 is 0 Å². The summed E-state index contributed by atoms with van der Waals surface area (Å²) in [5, 5.41) is 0. The SMILES string of the molecule is CCCCCCCCCCCCOC[CH]COCCCCCCCCCCCC. The molecule has 0 unspecified atom stereocenters. The van der Waals surface area contributed by atoms with Crippen molar-refractivity contribution in [3.8, 4) is 0 Å². The molecule has 0 rings (SSSR count). The second-order valence-electron chi connectivity index (χ2n) is 8.80. The highest BCUT2D eigenvalue weighted by atomic mass is 16.5. The van der Waals surface area contributed by atoms with Crippen molar-refractivity contribution >= 4 is 0 Å². The fraction of sp³-hybridized carbons (Fsp3) is 0.963. The van der Waals surface area contributed by atoms with Crippen LogP contribution in [0.5, 0.6) is 0 Å². The Labute approximate surface area is 184 Å². The van der Waals surface area contributed by atoms with Gasteiger partial charge < -0.3 is 9.47 Å². The first-order valence-corrected chi connectivity index (χ1v) is 13.4. The van der Waals surface area contributed by atoms with E-state index in [1.54, 1.807) is 0 Å². The highest BCUT2D eigenvalue weighted by Crippen LogP contribution is 2.11. The van der Waals surface area contributed by atoms with Gasteiger partial charge in [-0.1, -0.05) is 129 Å². The van der Waals surface area contributed by atoms with Gasteiger partial charge in [0.15, 0.2) is 0 Å². The van der Waals surface area contributed by atoms with E-state index in [4.69, 9.17) is 9.47 Å². The predicted molar refractivity (Wildman–Crippen MR) is 130 cm³/mol. The maximum atomic E-state index is 5.68. The van der Waals surface area contributed by atoms with Gasteiger partial charge in [-0.15, -0.1) is 0 Å². The second-order valence-corrected chi connectivity index (χ2v) is 8.80. The van der Waals surface area contributed by atoms with Crippen LogP contribution in [0.4, 0.5) is 0 Å². The Morgan fingerprint density at radius 1 is 0.379 bits per heavy atom. The van der Waals surface area contributed by atoms with Gasteiger partial charge in [0.1, 0.15) is 0 Å². The molecule has 0 fully saturated rings. The number of unbranched alkanes of at least 4 members (excludes halogenated alkanes) is 18. The van der Waals surface area contributed by atoms with Gasteiger partial charge in [-0.2, -0.15) is 0 Å². The third kappa shape index (κ3) is 27.9. The Bertz CT molecular complexity index is 241. The van der Waals surface area contributed by atoms with Gasteiger partial charge in [0, 0.05) is 19.6 Å². The fourth-order valence-corrected chi connectivity index (χ4v) is 3.76. The minimum atomic E-state index is 0.745. The van der Waals surface area contributed by atoms with Crippen molar-refractivity contribution in [1.82, 2.24) is 0 Å². The summed E-state index contributed by atoms with van der Waals surface area (Å²) in [7, 11) is 0. The lowest BCUT2D eigenvalue weighted by atomic mass is 10.1. The Hall–Kier alpha value is -0.0800. The van der Waals surface area contributed by atoms with E-state index in [0.29, 0.717) is 0 Å². The van der Waals surface area contributed by atoms with Crippen LogP contribution >= 0.6 is 0 Å². The van der Waals surface area contributed by atoms with Crippen LogP contribution in [-0.4, -0.2) is 26.4 Å². The van der Waals surface area contributed by atoms with E-state index in [1.165, 1.54) is 128 Å². The van der Waals surface area contributed by atoms with Crippen LogP contribution in [0, 0.1) is 6.42 Å². The zero-order valence-electron chi connectivity index (χ0n) is 20.4. The number of hydrogen-bond donors (Lipinski definition) is 0. The maximum Gasteiger partial charge on any atom is 0.0520 e. The van der Waals surface area contributed by atoms with Crippen molar-refractivity contribution in [1.29, 1.82) is 0 Å². The molecule has 2 nitrogen and oxygen atoms in total. The lowest BCUT2D eigenvalue weighted by molar-refractivity contribution is 0.111. The average Bonchev–Trinajstić information content (AvgIpc) is 2.74. The molecule has 0 aromatic rings. The highest BCUT2D eigenvalue weighted by molar-refractivity contribution is 4.61. The molecular weight excluding hydrogens is 356 g/mol. The molecule has 0 aromatic heterocycles. The van der Waals surface area contributed by atoms with E-state index in [9.17, 15) is 0 Å². The van der Waals surface area contributed by atoms with E-state index in [1.807, 2.05) is 0 Å². The van der Waals surface area contributed by atoms with Gasteiger partial charge in [-0.25, -0.2) is 0 Å². The Morgan fingerprint density at radius 3 is 0.966 bits per heavy atom. The molecule has 2 heteroatoms. The maximum absolute atomic E-state index is 5.68. The van der Waals surface area contributed by atoms with Gasteiger partial charge >= 0.3 is 0 Å². The molecular formula is C27H55O2. The molecule has 0 aliphatic rings. The molecule has 0 aliphatic heterocycles. The number of ether oxygens (including phenoxy) is 2. The lowest BCUT2D eigenvalue weighted by Gasteiger charge is -2.06. The van der Waals surface area contributed by atoms with Gasteiger partial charge in [-0.3, -0.25) is 0 Å². The second kappa shape index (κ2) is 27.9. The van der Waals surface area contributed by atoms with Gasteiger partial charge in [0.25, 0.3) is 0 Å². The van der Waals surface area contributed by atoms with Crippen LogP contribution < -0.4 is 0 Å². The largest absolute Gasteiger partial charge is 0.381 e. The first kappa shape index (κ1) is 28.9. The van der Waals surface area contributed by atoms with Crippen LogP contribution in [0.25, 0.3) is 0 Å².